The molecule has 1 N–H and O–H groups in total. The topological polar surface area (TPSA) is 58.6 Å². The lowest BCUT2D eigenvalue weighted by atomic mass is 10.1. The van der Waals surface area contributed by atoms with Crippen LogP contribution in [0.4, 0.5) is 0 Å². The number of hydrogen-bond acceptors (Lipinski definition) is 3. The molecule has 0 aromatic heterocycles. The third-order valence-corrected chi connectivity index (χ3v) is 5.22. The molecule has 2 aromatic rings. The minimum atomic E-state index is -0.621. The van der Waals surface area contributed by atoms with Gasteiger partial charge in [-0.25, -0.2) is 0 Å². The molecule has 150 valence electrons. The number of ether oxygens (including phenoxy) is 1. The van der Waals surface area contributed by atoms with Crippen molar-refractivity contribution >= 4 is 35.0 Å². The zero-order valence-electron chi connectivity index (χ0n) is 16.2. The number of carbonyl (C=O) groups is 2. The van der Waals surface area contributed by atoms with E-state index in [1.165, 1.54) is 4.90 Å². The molecule has 2 amide bonds. The maximum atomic E-state index is 13.0. The fourth-order valence-electron chi connectivity index (χ4n) is 2.83. The summed E-state index contributed by atoms with van der Waals surface area (Å²) >= 11 is 12.3. The van der Waals surface area contributed by atoms with E-state index in [1.54, 1.807) is 31.3 Å². The van der Waals surface area contributed by atoms with Crippen molar-refractivity contribution < 1.29 is 14.3 Å². The summed E-state index contributed by atoms with van der Waals surface area (Å²) in [6.45, 7) is 3.74. The second-order valence-electron chi connectivity index (χ2n) is 6.35. The standard InChI is InChI=1S/C21H24Cl2N2O3/c1-4-19(21(27)24-3)25(12-15-7-5-6-8-18(15)23)20(26)13-28-16-9-10-17(22)14(2)11-16/h5-11,19H,4,12-13H2,1-3H3,(H,24,27)/t19-/m1/s1. The van der Waals surface area contributed by atoms with E-state index in [9.17, 15) is 9.59 Å². The van der Waals surface area contributed by atoms with E-state index in [1.807, 2.05) is 32.0 Å². The van der Waals surface area contributed by atoms with E-state index in [4.69, 9.17) is 27.9 Å². The molecular weight excluding hydrogens is 399 g/mol. The number of rotatable bonds is 8. The van der Waals surface area contributed by atoms with Crippen LogP contribution in [-0.4, -0.2) is 36.4 Å². The highest BCUT2D eigenvalue weighted by Crippen LogP contribution is 2.22. The molecule has 0 aliphatic heterocycles. The predicted octanol–water partition coefficient (Wildman–Crippen LogP) is 4.23. The van der Waals surface area contributed by atoms with Gasteiger partial charge in [0.15, 0.2) is 6.61 Å². The number of hydrogen-bond donors (Lipinski definition) is 1. The first-order valence-electron chi connectivity index (χ1n) is 9.00. The average molecular weight is 423 g/mol. The number of nitrogens with zero attached hydrogens (tertiary/aromatic N) is 1. The highest BCUT2D eigenvalue weighted by molar-refractivity contribution is 6.31. The second-order valence-corrected chi connectivity index (χ2v) is 7.17. The summed E-state index contributed by atoms with van der Waals surface area (Å²) in [6, 6.07) is 11.8. The van der Waals surface area contributed by atoms with Gasteiger partial charge < -0.3 is 15.0 Å². The molecule has 0 aliphatic carbocycles. The van der Waals surface area contributed by atoms with Crippen molar-refractivity contribution in [2.45, 2.75) is 32.9 Å². The molecule has 0 saturated heterocycles. The van der Waals surface area contributed by atoms with E-state index in [2.05, 4.69) is 5.32 Å². The van der Waals surface area contributed by atoms with Gasteiger partial charge in [-0.15, -0.1) is 0 Å². The van der Waals surface area contributed by atoms with Gasteiger partial charge in [0.2, 0.25) is 5.91 Å². The number of nitrogens with one attached hydrogen (secondary N) is 1. The quantitative estimate of drug-likeness (QED) is 0.691. The van der Waals surface area contributed by atoms with E-state index < -0.39 is 6.04 Å². The third kappa shape index (κ3) is 5.63. The van der Waals surface area contributed by atoms with Crippen LogP contribution in [0.15, 0.2) is 42.5 Å². The molecule has 1 atom stereocenters. The zero-order chi connectivity index (χ0) is 20.7. The molecule has 5 nitrogen and oxygen atoms in total. The molecule has 0 bridgehead atoms. The Bertz CT molecular complexity index is 842. The molecule has 0 spiro atoms. The van der Waals surface area contributed by atoms with Crippen molar-refractivity contribution in [3.63, 3.8) is 0 Å². The van der Waals surface area contributed by atoms with Crippen LogP contribution in [0.2, 0.25) is 10.0 Å². The van der Waals surface area contributed by atoms with Crippen LogP contribution < -0.4 is 10.1 Å². The van der Waals surface area contributed by atoms with E-state index in [0.717, 1.165) is 11.1 Å². The number of halogens is 2. The van der Waals surface area contributed by atoms with Gasteiger partial charge >= 0.3 is 0 Å². The minimum absolute atomic E-state index is 0.195. The molecule has 0 radical (unpaired) electrons. The van der Waals surface area contributed by atoms with Gasteiger partial charge in [0.25, 0.3) is 5.91 Å². The highest BCUT2D eigenvalue weighted by atomic mass is 35.5. The Hall–Kier alpha value is -2.24. The Labute approximate surface area is 175 Å². The van der Waals surface area contributed by atoms with Gasteiger partial charge in [0, 0.05) is 23.6 Å². The summed E-state index contributed by atoms with van der Waals surface area (Å²) in [6.07, 6.45) is 0.468. The molecular formula is C21H24Cl2N2O3. The van der Waals surface area contributed by atoms with Gasteiger partial charge in [-0.1, -0.05) is 48.3 Å². The average Bonchev–Trinajstić information content (AvgIpc) is 2.69. The smallest absolute Gasteiger partial charge is 0.261 e. The van der Waals surface area contributed by atoms with Crippen LogP contribution in [0.25, 0.3) is 0 Å². The summed E-state index contributed by atoms with van der Waals surface area (Å²) in [5, 5.41) is 3.79. The summed E-state index contributed by atoms with van der Waals surface area (Å²) in [5.74, 6) is 0.00847. The fraction of sp³-hybridized carbons (Fsp3) is 0.333. The fourth-order valence-corrected chi connectivity index (χ4v) is 3.14. The van der Waals surface area contributed by atoms with Crippen molar-refractivity contribution in [2.75, 3.05) is 13.7 Å². The van der Waals surface area contributed by atoms with Gasteiger partial charge in [-0.2, -0.15) is 0 Å². The Morgan fingerprint density at radius 3 is 2.46 bits per heavy atom. The van der Waals surface area contributed by atoms with Crippen LogP contribution >= 0.6 is 23.2 Å². The van der Waals surface area contributed by atoms with Crippen LogP contribution in [0.1, 0.15) is 24.5 Å². The monoisotopic (exact) mass is 422 g/mol. The lowest BCUT2D eigenvalue weighted by molar-refractivity contribution is -0.142. The largest absolute Gasteiger partial charge is 0.484 e. The molecule has 2 rings (SSSR count). The lowest BCUT2D eigenvalue weighted by Gasteiger charge is -2.30. The predicted molar refractivity (Wildman–Crippen MR) is 112 cm³/mol. The molecule has 2 aromatic carbocycles. The normalized spacial score (nSPS) is 11.6. The maximum absolute atomic E-state index is 13.0. The van der Waals surface area contributed by atoms with Crippen LogP contribution in [0, 0.1) is 6.92 Å². The summed E-state index contributed by atoms with van der Waals surface area (Å²) in [5.41, 5.74) is 1.62. The summed E-state index contributed by atoms with van der Waals surface area (Å²) < 4.78 is 5.65. The van der Waals surface area contributed by atoms with E-state index >= 15 is 0 Å². The van der Waals surface area contributed by atoms with Gasteiger partial charge in [0.1, 0.15) is 11.8 Å². The molecule has 0 unspecified atom stereocenters. The van der Waals surface area contributed by atoms with Crippen molar-refractivity contribution in [1.29, 1.82) is 0 Å². The van der Waals surface area contributed by atoms with Crippen molar-refractivity contribution in [3.05, 3.63) is 63.6 Å². The van der Waals surface area contributed by atoms with Gasteiger partial charge in [-0.3, -0.25) is 9.59 Å². The van der Waals surface area contributed by atoms with Gasteiger partial charge in [-0.05, 0) is 48.7 Å². The summed E-state index contributed by atoms with van der Waals surface area (Å²) in [4.78, 5) is 26.8. The van der Waals surface area contributed by atoms with Crippen molar-refractivity contribution in [1.82, 2.24) is 10.2 Å². The van der Waals surface area contributed by atoms with Crippen LogP contribution in [-0.2, 0) is 16.1 Å². The number of likely N-dealkylation sites (N-methyl/N-ethyl adjacent to an activating group) is 1. The number of aryl methyl sites for hydroxylation is 1. The van der Waals surface area contributed by atoms with Crippen molar-refractivity contribution in [3.8, 4) is 5.75 Å². The van der Waals surface area contributed by atoms with E-state index in [0.29, 0.717) is 22.2 Å². The van der Waals surface area contributed by atoms with Crippen LogP contribution in [0.3, 0.4) is 0 Å². The Kier molecular flexibility index (Phi) is 8.15. The number of benzene rings is 2. The lowest BCUT2D eigenvalue weighted by Crippen LogP contribution is -2.49. The molecule has 7 heteroatoms. The second kappa shape index (κ2) is 10.3. The number of amides is 2. The number of carbonyl (C=O) groups excluding carboxylic acids is 2. The molecule has 28 heavy (non-hydrogen) atoms. The molecule has 0 heterocycles. The summed E-state index contributed by atoms with van der Waals surface area (Å²) in [7, 11) is 1.55. The van der Waals surface area contributed by atoms with E-state index in [-0.39, 0.29) is 25.0 Å². The maximum Gasteiger partial charge on any atom is 0.261 e. The zero-order valence-corrected chi connectivity index (χ0v) is 17.7. The SMILES string of the molecule is CC[C@H](C(=O)NC)N(Cc1ccccc1Cl)C(=O)COc1ccc(Cl)c(C)c1. The van der Waals surface area contributed by atoms with Gasteiger partial charge in [0.05, 0.1) is 0 Å². The third-order valence-electron chi connectivity index (χ3n) is 4.42. The minimum Gasteiger partial charge on any atom is -0.484 e. The Morgan fingerprint density at radius 2 is 1.86 bits per heavy atom. The Morgan fingerprint density at radius 1 is 1.14 bits per heavy atom. The first-order chi connectivity index (χ1) is 13.4. The highest BCUT2D eigenvalue weighted by Gasteiger charge is 2.28. The molecule has 0 fully saturated rings. The first kappa shape index (κ1) is 22.1. The Balaban J connectivity index is 2.21. The molecule has 0 aliphatic rings. The molecule has 0 saturated carbocycles. The first-order valence-corrected chi connectivity index (χ1v) is 9.76. The van der Waals surface area contributed by atoms with Crippen LogP contribution in [0.5, 0.6) is 5.75 Å². The van der Waals surface area contributed by atoms with Crippen molar-refractivity contribution in [2.24, 2.45) is 0 Å².